The second kappa shape index (κ2) is 7.75. The van der Waals surface area contributed by atoms with Gasteiger partial charge in [-0.3, -0.25) is 4.79 Å². The van der Waals surface area contributed by atoms with E-state index in [1.165, 1.54) is 50.7 Å². The maximum atomic E-state index is 14.9. The Hall–Kier alpha value is -1.63. The van der Waals surface area contributed by atoms with Crippen LogP contribution in [0, 0.1) is 29.0 Å². The van der Waals surface area contributed by atoms with E-state index in [-0.39, 0.29) is 11.0 Å². The van der Waals surface area contributed by atoms with Crippen molar-refractivity contribution in [2.75, 3.05) is 6.61 Å². The summed E-state index contributed by atoms with van der Waals surface area (Å²) in [6.45, 7) is 2.62. The highest BCUT2D eigenvalue weighted by atomic mass is 32.2. The molecule has 1 amide bonds. The normalized spacial score (nSPS) is 31.6. The molecule has 31 heavy (non-hydrogen) atoms. The summed E-state index contributed by atoms with van der Waals surface area (Å²) in [7, 11) is -3.72. The quantitative estimate of drug-likeness (QED) is 0.630. The van der Waals surface area contributed by atoms with E-state index in [4.69, 9.17) is 4.74 Å². The minimum Gasteiger partial charge on any atom is -0.493 e. The molecule has 1 aromatic rings. The molecule has 5 saturated carbocycles. The van der Waals surface area contributed by atoms with Crippen molar-refractivity contribution in [3.05, 3.63) is 29.1 Å². The SMILES string of the molecule is CCCc1cc(C(=O)NS(=O)(=O)C2CC2)c(F)cc1OCC12CC3CC(CC(C3)C1)C2. The molecule has 170 valence electrons. The predicted molar refractivity (Wildman–Crippen MR) is 116 cm³/mol. The Morgan fingerprint density at radius 2 is 1.74 bits per heavy atom. The maximum Gasteiger partial charge on any atom is 0.267 e. The smallest absolute Gasteiger partial charge is 0.267 e. The second-order valence-corrected chi connectivity index (χ2v) is 12.5. The van der Waals surface area contributed by atoms with Crippen LogP contribution >= 0.6 is 0 Å². The van der Waals surface area contributed by atoms with Crippen LogP contribution in [0.5, 0.6) is 5.75 Å². The second-order valence-electron chi connectivity index (χ2n) is 10.6. The van der Waals surface area contributed by atoms with Gasteiger partial charge in [-0.2, -0.15) is 0 Å². The monoisotopic (exact) mass is 449 g/mol. The Morgan fingerprint density at radius 1 is 1.13 bits per heavy atom. The zero-order valence-corrected chi connectivity index (χ0v) is 19.0. The van der Waals surface area contributed by atoms with Crippen LogP contribution in [0.15, 0.2) is 12.1 Å². The lowest BCUT2D eigenvalue weighted by atomic mass is 9.50. The van der Waals surface area contributed by atoms with Crippen LogP contribution in [0.25, 0.3) is 0 Å². The Balaban J connectivity index is 1.34. The first-order chi connectivity index (χ1) is 14.8. The number of carbonyl (C=O) groups excluding carboxylic acids is 1. The van der Waals surface area contributed by atoms with Gasteiger partial charge < -0.3 is 4.74 Å². The third-order valence-electron chi connectivity index (χ3n) is 7.81. The summed E-state index contributed by atoms with van der Waals surface area (Å²) in [6, 6.07) is 2.76. The number of benzene rings is 1. The van der Waals surface area contributed by atoms with Crippen LogP contribution in [-0.4, -0.2) is 26.2 Å². The molecule has 1 N–H and O–H groups in total. The Bertz CT molecular complexity index is 950. The molecule has 5 fully saturated rings. The highest BCUT2D eigenvalue weighted by Crippen LogP contribution is 2.60. The van der Waals surface area contributed by atoms with Gasteiger partial charge in [0.1, 0.15) is 11.6 Å². The number of hydrogen-bond acceptors (Lipinski definition) is 4. The van der Waals surface area contributed by atoms with Gasteiger partial charge in [-0.1, -0.05) is 13.3 Å². The Labute approximate surface area is 184 Å². The minimum absolute atomic E-state index is 0.211. The molecule has 6 rings (SSSR count). The van der Waals surface area contributed by atoms with Crippen molar-refractivity contribution in [2.45, 2.75) is 76.4 Å². The third-order valence-corrected chi connectivity index (χ3v) is 9.63. The van der Waals surface area contributed by atoms with Crippen LogP contribution in [0.4, 0.5) is 4.39 Å². The summed E-state index contributed by atoms with van der Waals surface area (Å²) in [5.41, 5.74) is 0.751. The van der Waals surface area contributed by atoms with E-state index >= 15 is 0 Å². The van der Waals surface area contributed by atoms with Crippen LogP contribution in [0.1, 0.15) is 80.6 Å². The molecule has 5 nitrogen and oxygen atoms in total. The van der Waals surface area contributed by atoms with Crippen molar-refractivity contribution in [2.24, 2.45) is 23.2 Å². The third kappa shape index (κ3) is 4.22. The largest absolute Gasteiger partial charge is 0.493 e. The number of sulfonamides is 1. The molecule has 0 heterocycles. The van der Waals surface area contributed by atoms with Gasteiger partial charge in [0.05, 0.1) is 17.4 Å². The number of hydrogen-bond donors (Lipinski definition) is 1. The zero-order chi connectivity index (χ0) is 21.8. The lowest BCUT2D eigenvalue weighted by molar-refractivity contribution is -0.0746. The van der Waals surface area contributed by atoms with Gasteiger partial charge in [0.15, 0.2) is 0 Å². The van der Waals surface area contributed by atoms with Gasteiger partial charge in [-0.05, 0) is 87.2 Å². The molecule has 0 unspecified atom stereocenters. The van der Waals surface area contributed by atoms with E-state index in [2.05, 4.69) is 0 Å². The summed E-state index contributed by atoms with van der Waals surface area (Å²) in [5, 5.41) is -0.530. The molecule has 0 radical (unpaired) electrons. The van der Waals surface area contributed by atoms with E-state index < -0.39 is 27.0 Å². The Kier molecular flexibility index (Phi) is 5.31. The molecule has 7 heteroatoms. The summed E-state index contributed by atoms with van der Waals surface area (Å²) in [4.78, 5) is 12.5. The number of aryl methyl sites for hydroxylation is 1. The topological polar surface area (TPSA) is 72.5 Å². The van der Waals surface area contributed by atoms with E-state index in [1.54, 1.807) is 0 Å². The number of halogens is 1. The predicted octanol–water partition coefficient (Wildman–Crippen LogP) is 4.60. The maximum absolute atomic E-state index is 14.9. The van der Waals surface area contributed by atoms with Gasteiger partial charge >= 0.3 is 0 Å². The van der Waals surface area contributed by atoms with Crippen LogP contribution in [0.3, 0.4) is 0 Å². The first kappa shape index (κ1) is 21.2. The lowest BCUT2D eigenvalue weighted by Crippen LogP contribution is -2.48. The highest BCUT2D eigenvalue weighted by molar-refractivity contribution is 7.91. The van der Waals surface area contributed by atoms with Crippen molar-refractivity contribution in [1.82, 2.24) is 4.72 Å². The lowest BCUT2D eigenvalue weighted by Gasteiger charge is -2.56. The van der Waals surface area contributed by atoms with E-state index in [0.29, 0.717) is 31.6 Å². The van der Waals surface area contributed by atoms with E-state index in [1.807, 2.05) is 11.6 Å². The molecule has 0 spiro atoms. The standard InChI is InChI=1S/C24H32FNO4S/c1-2-3-18-9-20(23(27)26-31(28,29)19-4-5-19)21(25)10-22(18)30-14-24-11-15-6-16(12-24)8-17(7-15)13-24/h9-10,15-17,19H,2-8,11-14H2,1H3,(H,26,27). The van der Waals surface area contributed by atoms with E-state index in [9.17, 15) is 17.6 Å². The molecule has 1 aromatic carbocycles. The van der Waals surface area contributed by atoms with Crippen molar-refractivity contribution in [3.63, 3.8) is 0 Å². The van der Waals surface area contributed by atoms with Gasteiger partial charge in [-0.15, -0.1) is 0 Å². The fraction of sp³-hybridized carbons (Fsp3) is 0.708. The summed E-state index contributed by atoms with van der Waals surface area (Å²) >= 11 is 0. The fourth-order valence-corrected chi connectivity index (χ4v) is 8.01. The van der Waals surface area contributed by atoms with Crippen molar-refractivity contribution < 1.29 is 22.3 Å². The molecule has 0 aromatic heterocycles. The molecular weight excluding hydrogens is 417 g/mol. The summed E-state index contributed by atoms with van der Waals surface area (Å²) in [5.74, 6) is 1.33. The van der Waals surface area contributed by atoms with Gasteiger partial charge in [0.25, 0.3) is 5.91 Å². The number of rotatable bonds is 8. The van der Waals surface area contributed by atoms with Crippen molar-refractivity contribution in [3.8, 4) is 5.75 Å². The van der Waals surface area contributed by atoms with Crippen LogP contribution in [0.2, 0.25) is 0 Å². The Morgan fingerprint density at radius 3 is 2.29 bits per heavy atom. The molecule has 5 aliphatic carbocycles. The van der Waals surface area contributed by atoms with Gasteiger partial charge in [0.2, 0.25) is 10.0 Å². The number of ether oxygens (including phenoxy) is 1. The molecule has 5 aliphatic rings. The molecule has 0 saturated heterocycles. The molecule has 0 aliphatic heterocycles. The first-order valence-corrected chi connectivity index (χ1v) is 13.3. The summed E-state index contributed by atoms with van der Waals surface area (Å²) < 4.78 is 47.3. The van der Waals surface area contributed by atoms with Crippen LogP contribution < -0.4 is 9.46 Å². The molecular formula is C24H32FNO4S. The van der Waals surface area contributed by atoms with Crippen molar-refractivity contribution in [1.29, 1.82) is 0 Å². The highest BCUT2D eigenvalue weighted by Gasteiger charge is 2.51. The summed E-state index contributed by atoms with van der Waals surface area (Å²) in [6.07, 6.45) is 10.3. The zero-order valence-electron chi connectivity index (χ0n) is 18.2. The first-order valence-electron chi connectivity index (χ1n) is 11.8. The van der Waals surface area contributed by atoms with Gasteiger partial charge in [0, 0.05) is 11.5 Å². The average molecular weight is 450 g/mol. The minimum atomic E-state index is -3.72. The van der Waals surface area contributed by atoms with Gasteiger partial charge in [-0.25, -0.2) is 17.5 Å². The van der Waals surface area contributed by atoms with E-state index in [0.717, 1.165) is 29.7 Å². The average Bonchev–Trinajstić information content (AvgIpc) is 3.52. The molecule has 4 bridgehead atoms. The molecule has 0 atom stereocenters. The van der Waals surface area contributed by atoms with Crippen molar-refractivity contribution >= 4 is 15.9 Å². The van der Waals surface area contributed by atoms with Crippen LogP contribution in [-0.2, 0) is 16.4 Å². The fourth-order valence-electron chi connectivity index (χ4n) is 6.72. The number of carbonyl (C=O) groups is 1. The number of amides is 1. The number of nitrogens with one attached hydrogen (secondary N) is 1.